The van der Waals surface area contributed by atoms with Gasteiger partial charge < -0.3 is 46.0 Å². The van der Waals surface area contributed by atoms with Gasteiger partial charge in [0.25, 0.3) is 0 Å². The molecule has 10 aliphatic rings. The summed E-state index contributed by atoms with van der Waals surface area (Å²) in [6.07, 6.45) is 17.2. The molecule has 16 nitrogen and oxygen atoms in total. The fourth-order valence-corrected chi connectivity index (χ4v) is 18.9. The van der Waals surface area contributed by atoms with Crippen molar-refractivity contribution in [3.63, 3.8) is 0 Å². The molecule has 2 aromatic carbocycles. The number of nitrogens with one attached hydrogen (secondary N) is 3. The molecule has 9 atom stereocenters. The van der Waals surface area contributed by atoms with Gasteiger partial charge in [0, 0.05) is 138 Å². The van der Waals surface area contributed by atoms with Crippen LogP contribution in [0.3, 0.4) is 0 Å². The summed E-state index contributed by atoms with van der Waals surface area (Å²) < 4.78 is 0. The molecule has 12 rings (SSSR count). The molecule has 0 bridgehead atoms. The quantitative estimate of drug-likeness (QED) is 0.0811. The number of hydrogen-bond donors (Lipinski definition) is 4. The topological polar surface area (TPSA) is 213 Å². The number of nitrogens with zero attached hydrogens (tertiary/aromatic N) is 5. The van der Waals surface area contributed by atoms with Crippen molar-refractivity contribution in [3.8, 4) is 0 Å². The van der Waals surface area contributed by atoms with Gasteiger partial charge in [-0.2, -0.15) is 0 Å². The van der Waals surface area contributed by atoms with Crippen LogP contribution in [0.4, 0.5) is 22.7 Å². The number of carbonyl (C=O) groups excluding carboxylic acids is 5. The molecule has 6 heterocycles. The Hall–Kier alpha value is -6.36. The Balaban J connectivity index is 0.000000205. The van der Waals surface area contributed by atoms with Crippen LogP contribution in [0.25, 0.3) is 5.57 Å². The van der Waals surface area contributed by atoms with Gasteiger partial charge in [-0.1, -0.05) is 99.1 Å². The monoisotopic (exact) mass is 1310 g/mol. The molecule has 0 aromatic heterocycles. The Morgan fingerprint density at radius 2 is 1.38 bits per heavy atom. The summed E-state index contributed by atoms with van der Waals surface area (Å²) in [4.78, 5) is 80.7. The van der Waals surface area contributed by atoms with Gasteiger partial charge in [-0.05, 0) is 188 Å². The van der Waals surface area contributed by atoms with Crippen LogP contribution in [-0.4, -0.2) is 125 Å². The van der Waals surface area contributed by atoms with Gasteiger partial charge in [0.2, 0.25) is 29.4 Å². The van der Waals surface area contributed by atoms with Crippen LogP contribution in [0.2, 0.25) is 0 Å². The number of aliphatic hydroxyl groups excluding tert-OH is 1. The minimum Gasteiger partial charge on any atom is -0.851 e. The van der Waals surface area contributed by atoms with Crippen molar-refractivity contribution < 1.29 is 39.3 Å². The molecule has 3 fully saturated rings. The Morgan fingerprint density at radius 3 is 1.98 bits per heavy atom. The third-order valence-corrected chi connectivity index (χ3v) is 24.5. The van der Waals surface area contributed by atoms with Gasteiger partial charge >= 0.3 is 0 Å². The fraction of sp³-hybridized carbons (Fsp3) is 0.650. The number of piperidine rings is 1. The molecule has 4 aliphatic carbocycles. The second-order valence-electron chi connectivity index (χ2n) is 31.5. The van der Waals surface area contributed by atoms with E-state index in [1.165, 1.54) is 25.1 Å². The average molecular weight is 1310 g/mol. The smallest absolute Gasteiger partial charge is 0.243 e. The predicted octanol–water partition coefficient (Wildman–Crippen LogP) is 12.6. The Labute approximate surface area is 573 Å². The molecule has 2 saturated heterocycles. The molecule has 0 spiro atoms. The minimum absolute atomic E-state index is 0.0315. The summed E-state index contributed by atoms with van der Waals surface area (Å²) in [5.41, 5.74) is 13.9. The average Bonchev–Trinajstić information content (AvgIpc) is 0.925. The molecule has 2 aromatic rings. The zero-order chi connectivity index (χ0) is 69.3. The predicted molar refractivity (Wildman–Crippen MR) is 382 cm³/mol. The van der Waals surface area contributed by atoms with E-state index in [0.29, 0.717) is 46.2 Å². The first-order valence-electron chi connectivity index (χ1n) is 37.2. The first-order valence-corrected chi connectivity index (χ1v) is 37.2. The number of aliphatic imine (C=N–C) groups is 1. The number of aryl methyl sites for hydroxylation is 1. The standard InChI is InChI=1S/C48H78N4O4.C32H34N4O4/c1-15-19-21-31(17-3)45(55)49-37-25-39-35(47(11,12)29(9)51(39)27(5)6)23-33(37)41-43(53)42(44(41)54)34-24-36-40(52(28(7)8)30(10)48(36,13)14)26-38(34)50-46(56)32(18-4)22-20-16-2;1-17(37)33-27-21-9-5-13-35-11-3-7-19(29(21)35)15-23(27)25-31(39)26(32(25)40)24-16-20-8-4-12-36-14-6-10-22(30(20)36)28(24)34-18(2)38/h23-25,27-32,34,38,40-44H,15-22,26H2,1-14H3,(H,49,55)(H,50,56);15-16,39H,3-14H2,1-2H3,(H,33,37)/q-2;/b;26-24+,34-28?. The van der Waals surface area contributed by atoms with Gasteiger partial charge in [-0.15, -0.1) is 12.2 Å². The molecular weight excluding hydrogens is 1200 g/mol. The maximum absolute atomic E-state index is 15.0. The second-order valence-corrected chi connectivity index (χ2v) is 31.5. The summed E-state index contributed by atoms with van der Waals surface area (Å²) >= 11 is 0. The van der Waals surface area contributed by atoms with Gasteiger partial charge in [0.15, 0.2) is 0 Å². The van der Waals surface area contributed by atoms with E-state index < -0.39 is 24.0 Å². The highest BCUT2D eigenvalue weighted by Gasteiger charge is 2.56. The van der Waals surface area contributed by atoms with Gasteiger partial charge in [0.05, 0.1) is 22.5 Å². The molecule has 4 N–H and O–H groups in total. The van der Waals surface area contributed by atoms with Crippen molar-refractivity contribution in [3.05, 3.63) is 97.5 Å². The maximum Gasteiger partial charge on any atom is 0.243 e. The van der Waals surface area contributed by atoms with E-state index >= 15 is 10.2 Å². The number of fused-ring (bicyclic) bond motifs is 2. The van der Waals surface area contributed by atoms with E-state index in [2.05, 4.69) is 156 Å². The summed E-state index contributed by atoms with van der Waals surface area (Å²) in [6.45, 7) is 37.8. The van der Waals surface area contributed by atoms with Crippen LogP contribution < -0.4 is 36.0 Å². The van der Waals surface area contributed by atoms with Gasteiger partial charge in [-0.25, -0.2) is 4.99 Å². The summed E-state index contributed by atoms with van der Waals surface area (Å²) in [7, 11) is 0. The molecule has 522 valence electrons. The highest BCUT2D eigenvalue weighted by molar-refractivity contribution is 6.42. The van der Waals surface area contributed by atoms with Crippen molar-refractivity contribution in [2.24, 2.45) is 34.1 Å². The Kier molecular flexibility index (Phi) is 20.8. The minimum atomic E-state index is -1.17. The highest BCUT2D eigenvalue weighted by atomic mass is 16.3. The lowest BCUT2D eigenvalue weighted by Gasteiger charge is -2.65. The first kappa shape index (κ1) is 70.9. The molecule has 0 radical (unpaired) electrons. The van der Waals surface area contributed by atoms with Gasteiger partial charge in [0.1, 0.15) is 5.76 Å². The number of benzene rings is 2. The molecule has 16 heteroatoms. The van der Waals surface area contributed by atoms with Crippen molar-refractivity contribution >= 4 is 63.4 Å². The lowest BCUT2D eigenvalue weighted by Crippen LogP contribution is -2.70. The van der Waals surface area contributed by atoms with Crippen molar-refractivity contribution in [2.45, 2.75) is 280 Å². The van der Waals surface area contributed by atoms with E-state index in [-0.39, 0.29) is 105 Å². The van der Waals surface area contributed by atoms with Crippen molar-refractivity contribution in [1.82, 2.24) is 15.1 Å². The van der Waals surface area contributed by atoms with Gasteiger partial charge in [-0.3, -0.25) is 28.9 Å². The number of anilines is 4. The molecule has 1 saturated carbocycles. The zero-order valence-corrected chi connectivity index (χ0v) is 60.8. The Morgan fingerprint density at radius 1 is 0.750 bits per heavy atom. The van der Waals surface area contributed by atoms with E-state index in [9.17, 15) is 29.1 Å². The summed E-state index contributed by atoms with van der Waals surface area (Å²) in [6, 6.07) is 7.07. The number of hydrogen-bond acceptors (Lipinski definition) is 12. The number of likely N-dealkylation sites (tertiary alicyclic amines) is 1. The number of amides is 4. The van der Waals surface area contributed by atoms with E-state index in [0.717, 1.165) is 168 Å². The van der Waals surface area contributed by atoms with E-state index in [4.69, 9.17) is 0 Å². The van der Waals surface area contributed by atoms with Crippen LogP contribution in [0, 0.1) is 29.1 Å². The number of aliphatic hydroxyl groups is 1. The van der Waals surface area contributed by atoms with E-state index in [1.54, 1.807) is 0 Å². The Bertz CT molecular complexity index is 3610. The van der Waals surface area contributed by atoms with Crippen molar-refractivity contribution in [1.29, 1.82) is 0 Å². The number of ketones is 1. The highest BCUT2D eigenvalue weighted by Crippen LogP contribution is 2.57. The lowest BCUT2D eigenvalue weighted by molar-refractivity contribution is -0.553. The summed E-state index contributed by atoms with van der Waals surface area (Å²) in [5, 5.41) is 51.4. The van der Waals surface area contributed by atoms with Crippen LogP contribution >= 0.6 is 0 Å². The van der Waals surface area contributed by atoms with Crippen LogP contribution in [-0.2, 0) is 42.2 Å². The number of allylic oxidation sites excluding steroid dienone is 6. The molecule has 96 heavy (non-hydrogen) atoms. The molecule has 9 unspecified atom stereocenters. The van der Waals surface area contributed by atoms with Crippen LogP contribution in [0.5, 0.6) is 0 Å². The SMILES string of the molecule is CC(=O)N=C1C2=C3C(=C/C1=C1\C(=O)C(c4cc5c6c(c4NC(C)=O)CCCN6CCC5)=C1O)CCCN3CCC2.CCCCC(CC)C(=O)Nc1cc2c(cc1C1C([O-])C(C3C=C4C(CC3NC(=O)C(CC)CCCC)N(C(C)C)C(C)C4(C)C)C1[O-])C(C)(C)C(C)N2C(C)C. The van der Waals surface area contributed by atoms with Crippen LogP contribution in [0.15, 0.2) is 74.7 Å². The third kappa shape index (κ3) is 12.5. The summed E-state index contributed by atoms with van der Waals surface area (Å²) in [5.74, 6) is -2.91. The largest absolute Gasteiger partial charge is 0.851 e. The third-order valence-electron chi connectivity index (χ3n) is 24.5. The van der Waals surface area contributed by atoms with Crippen LogP contribution in [0.1, 0.15) is 241 Å². The zero-order valence-electron chi connectivity index (χ0n) is 60.8. The number of unbranched alkanes of at least 4 members (excludes halogenated alkanes) is 2. The number of rotatable bonds is 18. The molecule has 6 aliphatic heterocycles. The van der Waals surface area contributed by atoms with E-state index in [1.807, 2.05) is 12.1 Å². The fourth-order valence-electron chi connectivity index (χ4n) is 18.9. The lowest BCUT2D eigenvalue weighted by atomic mass is 9.57. The normalized spacial score (nSPS) is 28.8. The second kappa shape index (κ2) is 28.1. The number of carbonyl (C=O) groups is 5. The molecular formula is C80H112N8O8-2. The molecule has 4 amide bonds. The first-order chi connectivity index (χ1) is 45.6. The number of Topliss-reactive ketones (excluding diaryl/α,β-unsaturated/α-hetero) is 1. The maximum atomic E-state index is 15.0. The van der Waals surface area contributed by atoms with Crippen molar-refractivity contribution in [2.75, 3.05) is 46.6 Å².